The molecule has 0 radical (unpaired) electrons. The number of para-hydroxylation sites is 1. The standard InChI is InChI=1S/C40H24N2O/c1-2-10-27(11-3-1)37-35-22-21-25-9-4-5-12-30(25)38(35)42-40(41-37)28-19-17-26(18-20-28)29-14-8-15-33-31(29)23-24-34-32-13-6-7-16-36(32)43-39(33)34/h1-24H. The van der Waals surface area contributed by atoms with Crippen molar-refractivity contribution in [3.63, 3.8) is 0 Å². The third-order valence-electron chi connectivity index (χ3n) is 8.49. The fourth-order valence-electron chi connectivity index (χ4n) is 6.40. The molecule has 0 aliphatic rings. The first kappa shape index (κ1) is 23.9. The molecule has 9 rings (SSSR count). The Morgan fingerprint density at radius 2 is 1.07 bits per heavy atom. The molecule has 0 unspecified atom stereocenters. The van der Waals surface area contributed by atoms with Gasteiger partial charge in [-0.15, -0.1) is 0 Å². The molecule has 0 saturated heterocycles. The van der Waals surface area contributed by atoms with Crippen LogP contribution in [0.25, 0.3) is 88.2 Å². The lowest BCUT2D eigenvalue weighted by atomic mass is 9.96. The Hall–Kier alpha value is -5.80. The number of benzene rings is 7. The van der Waals surface area contributed by atoms with Gasteiger partial charge in [-0.05, 0) is 40.1 Å². The molecule has 43 heavy (non-hydrogen) atoms. The monoisotopic (exact) mass is 548 g/mol. The Bertz CT molecular complexity index is 2490. The van der Waals surface area contributed by atoms with Crippen LogP contribution in [-0.4, -0.2) is 9.97 Å². The Morgan fingerprint density at radius 3 is 1.95 bits per heavy atom. The van der Waals surface area contributed by atoms with Gasteiger partial charge in [0.05, 0.1) is 11.2 Å². The molecule has 2 aromatic heterocycles. The zero-order chi connectivity index (χ0) is 28.3. The summed E-state index contributed by atoms with van der Waals surface area (Å²) < 4.78 is 6.33. The van der Waals surface area contributed by atoms with E-state index in [0.717, 1.165) is 71.8 Å². The maximum atomic E-state index is 6.33. The summed E-state index contributed by atoms with van der Waals surface area (Å²) in [4.78, 5) is 10.3. The van der Waals surface area contributed by atoms with E-state index < -0.39 is 0 Å². The van der Waals surface area contributed by atoms with Crippen LogP contribution in [0.4, 0.5) is 0 Å². The molecule has 2 heterocycles. The second kappa shape index (κ2) is 9.37. The molecule has 0 amide bonds. The lowest BCUT2D eigenvalue weighted by Crippen LogP contribution is -1.96. The van der Waals surface area contributed by atoms with Crippen LogP contribution in [0.3, 0.4) is 0 Å². The normalized spacial score (nSPS) is 11.7. The average Bonchev–Trinajstić information content (AvgIpc) is 3.47. The number of nitrogens with zero attached hydrogens (tertiary/aromatic N) is 2. The average molecular weight is 549 g/mol. The summed E-state index contributed by atoms with van der Waals surface area (Å²) in [6.45, 7) is 0. The third kappa shape index (κ3) is 3.75. The number of hydrogen-bond donors (Lipinski definition) is 0. The Morgan fingerprint density at radius 1 is 0.395 bits per heavy atom. The van der Waals surface area contributed by atoms with Gasteiger partial charge in [0.15, 0.2) is 5.82 Å². The van der Waals surface area contributed by atoms with Crippen molar-refractivity contribution >= 4 is 54.4 Å². The van der Waals surface area contributed by atoms with Crippen LogP contribution in [0.2, 0.25) is 0 Å². The predicted molar refractivity (Wildman–Crippen MR) is 178 cm³/mol. The van der Waals surface area contributed by atoms with Gasteiger partial charge in [0.1, 0.15) is 11.2 Å². The van der Waals surface area contributed by atoms with Gasteiger partial charge in [-0.1, -0.05) is 127 Å². The molecule has 0 fully saturated rings. The van der Waals surface area contributed by atoms with E-state index in [1.54, 1.807) is 0 Å². The number of aromatic nitrogens is 2. The van der Waals surface area contributed by atoms with E-state index in [1.165, 1.54) is 16.3 Å². The van der Waals surface area contributed by atoms with E-state index in [1.807, 2.05) is 18.2 Å². The lowest BCUT2D eigenvalue weighted by molar-refractivity contribution is 0.672. The fourth-order valence-corrected chi connectivity index (χ4v) is 6.40. The molecule has 0 bridgehead atoms. The quantitative estimate of drug-likeness (QED) is 0.206. The highest BCUT2D eigenvalue weighted by molar-refractivity contribution is 6.17. The van der Waals surface area contributed by atoms with Gasteiger partial charge in [0.25, 0.3) is 0 Å². The zero-order valence-corrected chi connectivity index (χ0v) is 23.2. The molecule has 0 aliphatic carbocycles. The molecule has 0 saturated carbocycles. The van der Waals surface area contributed by atoms with Crippen molar-refractivity contribution in [1.82, 2.24) is 9.97 Å². The van der Waals surface area contributed by atoms with Gasteiger partial charge in [-0.25, -0.2) is 9.97 Å². The minimum atomic E-state index is 0.719. The molecule has 7 aromatic carbocycles. The van der Waals surface area contributed by atoms with Crippen molar-refractivity contribution in [1.29, 1.82) is 0 Å². The molecule has 3 nitrogen and oxygen atoms in total. The summed E-state index contributed by atoms with van der Waals surface area (Å²) in [6, 6.07) is 50.8. The van der Waals surface area contributed by atoms with Gasteiger partial charge < -0.3 is 4.42 Å². The Labute approximate surface area is 247 Å². The van der Waals surface area contributed by atoms with Crippen molar-refractivity contribution < 1.29 is 4.42 Å². The zero-order valence-electron chi connectivity index (χ0n) is 23.2. The van der Waals surface area contributed by atoms with E-state index in [4.69, 9.17) is 14.4 Å². The van der Waals surface area contributed by atoms with Crippen LogP contribution in [0.15, 0.2) is 150 Å². The van der Waals surface area contributed by atoms with E-state index >= 15 is 0 Å². The first-order chi connectivity index (χ1) is 21.3. The molecule has 0 atom stereocenters. The first-order valence-corrected chi connectivity index (χ1v) is 14.5. The summed E-state index contributed by atoms with van der Waals surface area (Å²) in [5.74, 6) is 0.719. The van der Waals surface area contributed by atoms with Crippen LogP contribution >= 0.6 is 0 Å². The molecule has 200 valence electrons. The number of fused-ring (bicyclic) bond motifs is 8. The SMILES string of the molecule is c1ccc(-c2nc(-c3ccc(-c4cccc5c4ccc4c6ccccc6oc54)cc3)nc3c2ccc2ccccc23)cc1. The van der Waals surface area contributed by atoms with E-state index in [9.17, 15) is 0 Å². The van der Waals surface area contributed by atoms with Crippen molar-refractivity contribution in [3.05, 3.63) is 146 Å². The fraction of sp³-hybridized carbons (Fsp3) is 0. The van der Waals surface area contributed by atoms with Crippen LogP contribution in [0.5, 0.6) is 0 Å². The molecule has 0 N–H and O–H groups in total. The minimum Gasteiger partial charge on any atom is -0.455 e. The largest absolute Gasteiger partial charge is 0.455 e. The van der Waals surface area contributed by atoms with Crippen LogP contribution in [0.1, 0.15) is 0 Å². The van der Waals surface area contributed by atoms with Gasteiger partial charge in [-0.3, -0.25) is 0 Å². The highest BCUT2D eigenvalue weighted by atomic mass is 16.3. The molecule has 0 aliphatic heterocycles. The summed E-state index contributed by atoms with van der Waals surface area (Å²) in [6.07, 6.45) is 0. The van der Waals surface area contributed by atoms with Crippen molar-refractivity contribution in [2.75, 3.05) is 0 Å². The van der Waals surface area contributed by atoms with Crippen LogP contribution in [0, 0.1) is 0 Å². The van der Waals surface area contributed by atoms with Gasteiger partial charge in [-0.2, -0.15) is 0 Å². The summed E-state index contributed by atoms with van der Waals surface area (Å²) in [7, 11) is 0. The Balaban J connectivity index is 1.20. The maximum absolute atomic E-state index is 6.33. The summed E-state index contributed by atoms with van der Waals surface area (Å²) in [5, 5.41) is 7.93. The molecule has 3 heteroatoms. The van der Waals surface area contributed by atoms with Gasteiger partial charge in [0.2, 0.25) is 0 Å². The number of hydrogen-bond acceptors (Lipinski definition) is 3. The van der Waals surface area contributed by atoms with E-state index in [0.29, 0.717) is 0 Å². The van der Waals surface area contributed by atoms with Crippen molar-refractivity contribution in [2.45, 2.75) is 0 Å². The molecular formula is C40H24N2O. The van der Waals surface area contributed by atoms with Gasteiger partial charge >= 0.3 is 0 Å². The predicted octanol–water partition coefficient (Wildman–Crippen LogP) is 10.8. The highest BCUT2D eigenvalue weighted by Gasteiger charge is 2.15. The van der Waals surface area contributed by atoms with Crippen molar-refractivity contribution in [2.24, 2.45) is 0 Å². The first-order valence-electron chi connectivity index (χ1n) is 14.5. The molecule has 9 aromatic rings. The van der Waals surface area contributed by atoms with E-state index in [-0.39, 0.29) is 0 Å². The smallest absolute Gasteiger partial charge is 0.160 e. The second-order valence-corrected chi connectivity index (χ2v) is 11.0. The van der Waals surface area contributed by atoms with Crippen LogP contribution in [-0.2, 0) is 0 Å². The second-order valence-electron chi connectivity index (χ2n) is 11.0. The topological polar surface area (TPSA) is 38.9 Å². The molecular weight excluding hydrogens is 524 g/mol. The van der Waals surface area contributed by atoms with Crippen molar-refractivity contribution in [3.8, 4) is 33.8 Å². The minimum absolute atomic E-state index is 0.719. The maximum Gasteiger partial charge on any atom is 0.160 e. The van der Waals surface area contributed by atoms with Crippen LogP contribution < -0.4 is 0 Å². The Kier molecular flexibility index (Phi) is 5.20. The molecule has 0 spiro atoms. The summed E-state index contributed by atoms with van der Waals surface area (Å²) >= 11 is 0. The third-order valence-corrected chi connectivity index (χ3v) is 8.49. The summed E-state index contributed by atoms with van der Waals surface area (Å²) in [5.41, 5.74) is 8.13. The van der Waals surface area contributed by atoms with Gasteiger partial charge in [0, 0.05) is 38.1 Å². The number of furan rings is 1. The van der Waals surface area contributed by atoms with E-state index in [2.05, 4.69) is 127 Å². The number of rotatable bonds is 3. The highest BCUT2D eigenvalue weighted by Crippen LogP contribution is 2.38. The lowest BCUT2D eigenvalue weighted by Gasteiger charge is -2.12.